The Morgan fingerprint density at radius 2 is 1.18 bits per heavy atom. The minimum absolute atomic E-state index is 0.0146. The molecule has 1 atom stereocenters. The summed E-state index contributed by atoms with van der Waals surface area (Å²) in [6.45, 7) is 0. The molecular weight excluding hydrogens is 567 g/mol. The molecule has 0 spiro atoms. The average molecular weight is 597 g/mol. The Balaban J connectivity index is 1.31. The van der Waals surface area contributed by atoms with Gasteiger partial charge in [0.1, 0.15) is 6.17 Å². The lowest BCUT2D eigenvalue weighted by atomic mass is 9.89. The van der Waals surface area contributed by atoms with Crippen LogP contribution in [0.25, 0.3) is 33.0 Å². The normalized spacial score (nSPS) is 14.7. The van der Waals surface area contributed by atoms with Gasteiger partial charge in [-0.2, -0.15) is 0 Å². The van der Waals surface area contributed by atoms with E-state index in [4.69, 9.17) is 0 Å². The van der Waals surface area contributed by atoms with Crippen molar-refractivity contribution in [2.45, 2.75) is 6.17 Å². The first-order valence-electron chi connectivity index (χ1n) is 15.3. The van der Waals surface area contributed by atoms with Gasteiger partial charge in [0.15, 0.2) is 7.14 Å². The Hall–Kier alpha value is -5.37. The van der Waals surface area contributed by atoms with Crippen LogP contribution in [0.4, 0.5) is 17.1 Å². The Kier molecular flexibility index (Phi) is 5.84. The largest absolute Gasteiger partial charge is 0.359 e. The Bertz CT molecular complexity index is 2250. The standard InChI is InChI=1S/C41H29N2OP/c44-45(30-15-3-1-4-16-30,31-17-5-2-6-18-31)39-24-12-14-28-13-11-21-32(40(28)39)29-25-26-34-33-19-7-8-20-35(33)41-42-36-22-9-10-23-37(36)43(41)38(34)27-29/h1-27,41-42H. The molecule has 45 heavy (non-hydrogen) atoms. The lowest BCUT2D eigenvalue weighted by Gasteiger charge is -2.35. The Labute approximate surface area is 262 Å². The van der Waals surface area contributed by atoms with Crippen molar-refractivity contribution in [3.8, 4) is 22.3 Å². The molecule has 214 valence electrons. The summed E-state index contributed by atoms with van der Waals surface area (Å²) < 4.78 is 15.7. The molecule has 0 bridgehead atoms. The number of nitrogens with zero attached hydrogens (tertiary/aromatic N) is 1. The molecule has 7 aromatic rings. The molecule has 9 rings (SSSR count). The summed E-state index contributed by atoms with van der Waals surface area (Å²) in [6.07, 6.45) is 0.0146. The molecule has 7 aromatic carbocycles. The van der Waals surface area contributed by atoms with Crippen molar-refractivity contribution in [3.05, 3.63) is 169 Å². The fraction of sp³-hybridized carbons (Fsp3) is 0.0244. The minimum atomic E-state index is -3.22. The zero-order valence-electron chi connectivity index (χ0n) is 24.5. The van der Waals surface area contributed by atoms with Gasteiger partial charge in [-0.3, -0.25) is 0 Å². The second-order valence-electron chi connectivity index (χ2n) is 11.7. The van der Waals surface area contributed by atoms with Crippen LogP contribution in [0.2, 0.25) is 0 Å². The smallest absolute Gasteiger partial charge is 0.171 e. The van der Waals surface area contributed by atoms with Crippen molar-refractivity contribution in [1.82, 2.24) is 0 Å². The lowest BCUT2D eigenvalue weighted by molar-refractivity contribution is 0.592. The first kappa shape index (κ1) is 26.1. The van der Waals surface area contributed by atoms with E-state index in [9.17, 15) is 0 Å². The predicted molar refractivity (Wildman–Crippen MR) is 189 cm³/mol. The van der Waals surface area contributed by atoms with Crippen molar-refractivity contribution in [2.24, 2.45) is 0 Å². The zero-order valence-corrected chi connectivity index (χ0v) is 25.4. The molecule has 4 heteroatoms. The van der Waals surface area contributed by atoms with Gasteiger partial charge in [-0.05, 0) is 40.3 Å². The zero-order chi connectivity index (χ0) is 30.0. The minimum Gasteiger partial charge on any atom is -0.359 e. The van der Waals surface area contributed by atoms with Crippen molar-refractivity contribution in [1.29, 1.82) is 0 Å². The van der Waals surface area contributed by atoms with E-state index in [1.807, 2.05) is 66.7 Å². The first-order valence-corrected chi connectivity index (χ1v) is 17.0. The quantitative estimate of drug-likeness (QED) is 0.206. The first-order chi connectivity index (χ1) is 22.2. The number of fused-ring (bicyclic) bond motifs is 9. The average Bonchev–Trinajstić information content (AvgIpc) is 3.52. The molecule has 2 aliphatic rings. The van der Waals surface area contributed by atoms with Crippen molar-refractivity contribution < 1.29 is 4.57 Å². The van der Waals surface area contributed by atoms with Gasteiger partial charge in [0.2, 0.25) is 0 Å². The third-order valence-electron chi connectivity index (χ3n) is 9.29. The number of anilines is 3. The summed E-state index contributed by atoms with van der Waals surface area (Å²) in [5.74, 6) is 0. The van der Waals surface area contributed by atoms with E-state index < -0.39 is 7.14 Å². The Morgan fingerprint density at radius 3 is 1.96 bits per heavy atom. The fourth-order valence-corrected chi connectivity index (χ4v) is 10.2. The van der Waals surface area contributed by atoms with Crippen LogP contribution in [-0.4, -0.2) is 0 Å². The molecule has 0 fully saturated rings. The highest BCUT2D eigenvalue weighted by molar-refractivity contribution is 7.85. The summed E-state index contributed by atoms with van der Waals surface area (Å²) in [5.41, 5.74) is 9.38. The van der Waals surface area contributed by atoms with E-state index >= 15 is 4.57 Å². The van der Waals surface area contributed by atoms with Gasteiger partial charge in [0.05, 0.1) is 17.1 Å². The highest BCUT2D eigenvalue weighted by Gasteiger charge is 2.38. The number of nitrogens with one attached hydrogen (secondary N) is 1. The van der Waals surface area contributed by atoms with Gasteiger partial charge in [0, 0.05) is 32.4 Å². The maximum Gasteiger partial charge on any atom is 0.171 e. The number of benzene rings is 7. The molecule has 2 heterocycles. The van der Waals surface area contributed by atoms with E-state index in [1.165, 1.54) is 22.4 Å². The second kappa shape index (κ2) is 10.1. The van der Waals surface area contributed by atoms with E-state index in [0.717, 1.165) is 49.2 Å². The van der Waals surface area contributed by atoms with Crippen LogP contribution in [0.15, 0.2) is 164 Å². The van der Waals surface area contributed by atoms with Crippen LogP contribution in [0.1, 0.15) is 11.7 Å². The SMILES string of the molecule is O=P(c1ccccc1)(c1ccccc1)c1cccc2cccc(-c3ccc4c(c3)N3c5ccccc5NC3c3ccccc3-4)c12. The molecule has 0 radical (unpaired) electrons. The third kappa shape index (κ3) is 3.88. The van der Waals surface area contributed by atoms with Crippen molar-refractivity contribution in [3.63, 3.8) is 0 Å². The van der Waals surface area contributed by atoms with E-state index in [-0.39, 0.29) is 6.17 Å². The number of para-hydroxylation sites is 2. The van der Waals surface area contributed by atoms with Gasteiger partial charge >= 0.3 is 0 Å². The molecule has 3 nitrogen and oxygen atoms in total. The molecule has 0 saturated carbocycles. The van der Waals surface area contributed by atoms with Crippen LogP contribution in [0.3, 0.4) is 0 Å². The molecule has 1 unspecified atom stereocenters. The summed E-state index contributed by atoms with van der Waals surface area (Å²) in [6, 6.07) is 56.6. The summed E-state index contributed by atoms with van der Waals surface area (Å²) >= 11 is 0. The van der Waals surface area contributed by atoms with Crippen LogP contribution in [0, 0.1) is 0 Å². The molecule has 0 aromatic heterocycles. The van der Waals surface area contributed by atoms with E-state index in [1.54, 1.807) is 0 Å². The van der Waals surface area contributed by atoms with E-state index in [2.05, 4.69) is 107 Å². The third-order valence-corrected chi connectivity index (χ3v) is 12.4. The van der Waals surface area contributed by atoms with Crippen LogP contribution >= 0.6 is 7.14 Å². The molecule has 2 aliphatic heterocycles. The summed E-state index contributed by atoms with van der Waals surface area (Å²) in [4.78, 5) is 2.43. The fourth-order valence-electron chi connectivity index (χ4n) is 7.28. The van der Waals surface area contributed by atoms with Gasteiger partial charge in [0.25, 0.3) is 0 Å². The maximum atomic E-state index is 15.7. The van der Waals surface area contributed by atoms with Crippen molar-refractivity contribution >= 4 is 50.9 Å². The van der Waals surface area contributed by atoms with E-state index in [0.29, 0.717) is 0 Å². The highest BCUT2D eigenvalue weighted by atomic mass is 31.2. The number of rotatable bonds is 4. The predicted octanol–water partition coefficient (Wildman–Crippen LogP) is 9.39. The maximum absolute atomic E-state index is 15.7. The van der Waals surface area contributed by atoms with Crippen LogP contribution < -0.4 is 26.1 Å². The Morgan fingerprint density at radius 1 is 0.533 bits per heavy atom. The molecule has 1 N–H and O–H groups in total. The van der Waals surface area contributed by atoms with Gasteiger partial charge in [-0.15, -0.1) is 0 Å². The number of hydrogen-bond donors (Lipinski definition) is 1. The van der Waals surface area contributed by atoms with Gasteiger partial charge in [-0.1, -0.05) is 146 Å². The topological polar surface area (TPSA) is 32.3 Å². The highest BCUT2D eigenvalue weighted by Crippen LogP contribution is 2.55. The molecule has 0 saturated heterocycles. The monoisotopic (exact) mass is 596 g/mol. The molecular formula is C41H29N2OP. The number of hydrogen-bond acceptors (Lipinski definition) is 3. The summed E-state index contributed by atoms with van der Waals surface area (Å²) in [7, 11) is -3.22. The lowest BCUT2D eigenvalue weighted by Crippen LogP contribution is -2.27. The van der Waals surface area contributed by atoms with Crippen LogP contribution in [0.5, 0.6) is 0 Å². The van der Waals surface area contributed by atoms with Gasteiger partial charge < -0.3 is 14.8 Å². The second-order valence-corrected chi connectivity index (χ2v) is 14.4. The molecule has 0 aliphatic carbocycles. The van der Waals surface area contributed by atoms with Crippen molar-refractivity contribution in [2.75, 3.05) is 10.2 Å². The van der Waals surface area contributed by atoms with Crippen LogP contribution in [-0.2, 0) is 4.57 Å². The summed E-state index contributed by atoms with van der Waals surface area (Å²) in [5, 5.41) is 8.42. The van der Waals surface area contributed by atoms with Gasteiger partial charge in [-0.25, -0.2) is 0 Å². The molecule has 0 amide bonds.